The fourth-order valence-electron chi connectivity index (χ4n) is 1.56. The number of halogens is 1. The molecule has 0 radical (unpaired) electrons. The molecule has 0 atom stereocenters. The third-order valence-electron chi connectivity index (χ3n) is 2.46. The Morgan fingerprint density at radius 3 is 2.29 bits per heavy atom. The first-order valence-corrected chi connectivity index (χ1v) is 7.79. The molecule has 2 rings (SSSR count). The zero-order valence-electron chi connectivity index (χ0n) is 11.0. The van der Waals surface area contributed by atoms with Crippen molar-refractivity contribution < 1.29 is 22.3 Å². The molecule has 1 N–H and O–H groups in total. The van der Waals surface area contributed by atoms with E-state index in [0.717, 1.165) is 6.26 Å². The number of sulfonamides is 1. The third kappa shape index (κ3) is 4.28. The molecule has 21 heavy (non-hydrogen) atoms. The van der Waals surface area contributed by atoms with Gasteiger partial charge >= 0.3 is 0 Å². The third-order valence-corrected chi connectivity index (χ3v) is 3.02. The lowest BCUT2D eigenvalue weighted by Gasteiger charge is -2.07. The van der Waals surface area contributed by atoms with Crippen LogP contribution in [-0.4, -0.2) is 20.6 Å². The van der Waals surface area contributed by atoms with Crippen molar-refractivity contribution in [1.82, 2.24) is 4.72 Å². The van der Waals surface area contributed by atoms with E-state index in [1.165, 1.54) is 36.4 Å². The van der Waals surface area contributed by atoms with Crippen molar-refractivity contribution >= 4 is 15.9 Å². The second kappa shape index (κ2) is 5.92. The van der Waals surface area contributed by atoms with Crippen LogP contribution < -0.4 is 9.46 Å². The number of hydrogen-bond acceptors (Lipinski definition) is 4. The highest BCUT2D eigenvalue weighted by Crippen LogP contribution is 2.24. The van der Waals surface area contributed by atoms with Gasteiger partial charge < -0.3 is 4.74 Å². The molecule has 0 aromatic heterocycles. The van der Waals surface area contributed by atoms with Crippen LogP contribution in [-0.2, 0) is 10.0 Å². The van der Waals surface area contributed by atoms with E-state index in [9.17, 15) is 17.6 Å². The normalized spacial score (nSPS) is 11.0. The Labute approximate surface area is 121 Å². The van der Waals surface area contributed by atoms with Gasteiger partial charge in [-0.2, -0.15) is 0 Å². The van der Waals surface area contributed by atoms with E-state index in [4.69, 9.17) is 4.74 Å². The molecule has 0 aliphatic heterocycles. The van der Waals surface area contributed by atoms with Crippen LogP contribution in [0.25, 0.3) is 0 Å². The maximum atomic E-state index is 13.4. The molecule has 0 bridgehead atoms. The largest absolute Gasteiger partial charge is 0.454 e. The minimum absolute atomic E-state index is 0.0610. The molecule has 0 fully saturated rings. The molecule has 0 heterocycles. The molecule has 0 spiro atoms. The van der Waals surface area contributed by atoms with Gasteiger partial charge in [-0.3, -0.25) is 4.79 Å². The maximum Gasteiger partial charge on any atom is 0.264 e. The number of benzene rings is 2. The van der Waals surface area contributed by atoms with Gasteiger partial charge in [0.1, 0.15) is 5.75 Å². The van der Waals surface area contributed by atoms with Gasteiger partial charge in [0.2, 0.25) is 10.0 Å². The predicted molar refractivity (Wildman–Crippen MR) is 75.2 cm³/mol. The summed E-state index contributed by atoms with van der Waals surface area (Å²) in [4.78, 5) is 11.6. The van der Waals surface area contributed by atoms with Gasteiger partial charge in [-0.25, -0.2) is 17.5 Å². The Morgan fingerprint density at radius 2 is 1.71 bits per heavy atom. The number of amides is 1. The average molecular weight is 309 g/mol. The summed E-state index contributed by atoms with van der Waals surface area (Å²) < 4.78 is 42.5. The Kier molecular flexibility index (Phi) is 4.23. The zero-order chi connectivity index (χ0) is 15.5. The fraction of sp³-hybridized carbons (Fsp3) is 0.0714. The number of carbonyl (C=O) groups excluding carboxylic acids is 1. The Bertz CT molecular complexity index is 757. The highest BCUT2D eigenvalue weighted by atomic mass is 32.2. The summed E-state index contributed by atoms with van der Waals surface area (Å²) >= 11 is 0. The fourth-order valence-corrected chi connectivity index (χ4v) is 2.01. The molecule has 0 saturated heterocycles. The van der Waals surface area contributed by atoms with Crippen LogP contribution in [0.15, 0.2) is 48.5 Å². The van der Waals surface area contributed by atoms with E-state index in [2.05, 4.69) is 0 Å². The quantitative estimate of drug-likeness (QED) is 0.940. The van der Waals surface area contributed by atoms with Crippen molar-refractivity contribution in [3.05, 3.63) is 59.9 Å². The van der Waals surface area contributed by atoms with Crippen molar-refractivity contribution in [2.75, 3.05) is 6.26 Å². The van der Waals surface area contributed by atoms with Gasteiger partial charge in [0, 0.05) is 5.56 Å². The molecule has 0 aliphatic rings. The number of ether oxygens (including phenoxy) is 1. The van der Waals surface area contributed by atoms with Gasteiger partial charge in [0.05, 0.1) is 6.26 Å². The van der Waals surface area contributed by atoms with Crippen molar-refractivity contribution in [3.63, 3.8) is 0 Å². The average Bonchev–Trinajstić information content (AvgIpc) is 2.40. The second-order valence-electron chi connectivity index (χ2n) is 4.26. The number of nitrogens with one attached hydrogen (secondary N) is 1. The summed E-state index contributed by atoms with van der Waals surface area (Å²) in [6, 6.07) is 11.6. The molecule has 0 aliphatic carbocycles. The van der Waals surface area contributed by atoms with E-state index in [1.54, 1.807) is 12.1 Å². The smallest absolute Gasteiger partial charge is 0.264 e. The van der Waals surface area contributed by atoms with Crippen LogP contribution in [0.5, 0.6) is 11.5 Å². The highest BCUT2D eigenvalue weighted by molar-refractivity contribution is 7.89. The minimum atomic E-state index is -3.62. The van der Waals surface area contributed by atoms with Crippen LogP contribution in [0.3, 0.4) is 0 Å². The van der Waals surface area contributed by atoms with Crippen molar-refractivity contribution in [2.24, 2.45) is 0 Å². The highest BCUT2D eigenvalue weighted by Gasteiger charge is 2.11. The van der Waals surface area contributed by atoms with E-state index >= 15 is 0 Å². The van der Waals surface area contributed by atoms with E-state index in [0.29, 0.717) is 5.75 Å². The first-order valence-electron chi connectivity index (χ1n) is 5.90. The zero-order valence-corrected chi connectivity index (χ0v) is 11.9. The van der Waals surface area contributed by atoms with Gasteiger partial charge in [0.25, 0.3) is 5.91 Å². The number of carbonyl (C=O) groups is 1. The molecule has 5 nitrogen and oxygen atoms in total. The van der Waals surface area contributed by atoms with Crippen molar-refractivity contribution in [1.29, 1.82) is 0 Å². The van der Waals surface area contributed by atoms with Crippen LogP contribution >= 0.6 is 0 Å². The monoisotopic (exact) mass is 309 g/mol. The minimum Gasteiger partial charge on any atom is -0.454 e. The second-order valence-corrected chi connectivity index (χ2v) is 6.01. The molecule has 2 aromatic carbocycles. The summed E-state index contributed by atoms with van der Waals surface area (Å²) in [5, 5.41) is 0. The van der Waals surface area contributed by atoms with Gasteiger partial charge in [0.15, 0.2) is 11.6 Å². The van der Waals surface area contributed by atoms with E-state index < -0.39 is 21.7 Å². The number of para-hydroxylation sites is 1. The first kappa shape index (κ1) is 15.0. The lowest BCUT2D eigenvalue weighted by molar-refractivity contribution is 0.0981. The summed E-state index contributed by atoms with van der Waals surface area (Å²) in [6.45, 7) is 0. The standard InChI is InChI=1S/C14H12FNO4S/c1-21(18,19)16-14(17)10-6-8-11(9-7-10)20-13-5-3-2-4-12(13)15/h2-9H,1H3,(H,16,17). The molecule has 0 saturated carbocycles. The van der Waals surface area contributed by atoms with Crippen LogP contribution in [0.2, 0.25) is 0 Å². The summed E-state index contributed by atoms with van der Waals surface area (Å²) in [5.41, 5.74) is 0.154. The molecule has 7 heteroatoms. The first-order chi connectivity index (χ1) is 9.85. The molecular formula is C14H12FNO4S. The van der Waals surface area contributed by atoms with Gasteiger partial charge in [-0.1, -0.05) is 12.1 Å². The molecule has 2 aromatic rings. The topological polar surface area (TPSA) is 72.5 Å². The molecule has 1 amide bonds. The molecule has 110 valence electrons. The van der Waals surface area contributed by atoms with Crippen LogP contribution in [0, 0.1) is 5.82 Å². The Balaban J connectivity index is 2.13. The summed E-state index contributed by atoms with van der Waals surface area (Å²) in [5.74, 6) is -0.854. The molecule has 0 unspecified atom stereocenters. The lowest BCUT2D eigenvalue weighted by atomic mass is 10.2. The van der Waals surface area contributed by atoms with Gasteiger partial charge in [-0.05, 0) is 36.4 Å². The van der Waals surface area contributed by atoms with E-state index in [-0.39, 0.29) is 11.3 Å². The Morgan fingerprint density at radius 1 is 1.10 bits per heavy atom. The molecular weight excluding hydrogens is 297 g/mol. The summed E-state index contributed by atoms with van der Waals surface area (Å²) in [7, 11) is -3.62. The van der Waals surface area contributed by atoms with E-state index in [1.807, 2.05) is 4.72 Å². The van der Waals surface area contributed by atoms with Gasteiger partial charge in [-0.15, -0.1) is 0 Å². The van der Waals surface area contributed by atoms with Crippen molar-refractivity contribution in [2.45, 2.75) is 0 Å². The van der Waals surface area contributed by atoms with Crippen molar-refractivity contribution in [3.8, 4) is 11.5 Å². The summed E-state index contributed by atoms with van der Waals surface area (Å²) in [6.07, 6.45) is 0.889. The number of rotatable bonds is 4. The number of hydrogen-bond donors (Lipinski definition) is 1. The lowest BCUT2D eigenvalue weighted by Crippen LogP contribution is -2.29. The SMILES string of the molecule is CS(=O)(=O)NC(=O)c1ccc(Oc2ccccc2F)cc1. The Hall–Kier alpha value is -2.41. The van der Waals surface area contributed by atoms with Crippen LogP contribution in [0.1, 0.15) is 10.4 Å². The van der Waals surface area contributed by atoms with Crippen LogP contribution in [0.4, 0.5) is 4.39 Å². The predicted octanol–water partition coefficient (Wildman–Crippen LogP) is 2.31. The maximum absolute atomic E-state index is 13.4.